The van der Waals surface area contributed by atoms with Gasteiger partial charge in [0.05, 0.1) is 0 Å². The fourth-order valence-corrected chi connectivity index (χ4v) is 2.58. The molecule has 1 heterocycles. The van der Waals surface area contributed by atoms with Crippen LogP contribution in [-0.2, 0) is 0 Å². The molecule has 2 aromatic carbocycles. The number of benzene rings is 2. The monoisotopic (exact) mass is 385 g/mol. The summed E-state index contributed by atoms with van der Waals surface area (Å²) >= 11 is 6.09. The third kappa shape index (κ3) is 4.51. The number of nitrogens with zero attached hydrogens (tertiary/aromatic N) is 2. The Morgan fingerprint density at radius 2 is 1.78 bits per heavy atom. The topological polar surface area (TPSA) is 92.9 Å². The summed E-state index contributed by atoms with van der Waals surface area (Å²) in [4.78, 5) is 20.1. The average molecular weight is 386 g/mol. The lowest BCUT2D eigenvalue weighted by Crippen LogP contribution is -2.12. The number of halogens is 2. The van der Waals surface area contributed by atoms with Crippen molar-refractivity contribution in [1.82, 2.24) is 9.97 Å². The van der Waals surface area contributed by atoms with E-state index in [1.54, 1.807) is 12.1 Å². The summed E-state index contributed by atoms with van der Waals surface area (Å²) in [5.41, 5.74) is 7.64. The van der Waals surface area contributed by atoms with E-state index in [1.807, 2.05) is 19.1 Å². The van der Waals surface area contributed by atoms with E-state index in [0.29, 0.717) is 17.1 Å². The highest BCUT2D eigenvalue weighted by molar-refractivity contribution is 6.35. The Kier molecular flexibility index (Phi) is 5.52. The van der Waals surface area contributed by atoms with Gasteiger partial charge in [-0.2, -0.15) is 0 Å². The number of anilines is 3. The van der Waals surface area contributed by atoms with Crippen molar-refractivity contribution in [3.8, 4) is 0 Å². The van der Waals surface area contributed by atoms with Crippen LogP contribution in [0.3, 0.4) is 0 Å². The number of aromatic nitrogens is 2. The minimum absolute atomic E-state index is 0.0985. The summed E-state index contributed by atoms with van der Waals surface area (Å²) in [5.74, 6) is -0.0364. The molecular formula is C19H17ClFN5O. The van der Waals surface area contributed by atoms with Gasteiger partial charge in [-0.15, -0.1) is 0 Å². The van der Waals surface area contributed by atoms with E-state index in [-0.39, 0.29) is 28.6 Å². The summed E-state index contributed by atoms with van der Waals surface area (Å²) in [6.07, 6.45) is 1.34. The maximum atomic E-state index is 12.9. The van der Waals surface area contributed by atoms with Crippen LogP contribution in [0, 0.1) is 5.82 Å². The molecule has 27 heavy (non-hydrogen) atoms. The zero-order valence-electron chi connectivity index (χ0n) is 14.4. The summed E-state index contributed by atoms with van der Waals surface area (Å²) in [5, 5.41) is 6.21. The van der Waals surface area contributed by atoms with Gasteiger partial charge in [0.2, 0.25) is 0 Å². The molecule has 0 aliphatic heterocycles. The second-order valence-corrected chi connectivity index (χ2v) is 6.25. The molecule has 3 aromatic rings. The van der Waals surface area contributed by atoms with Crippen LogP contribution in [0.15, 0.2) is 54.9 Å². The maximum Gasteiger partial charge on any atom is 0.255 e. The normalized spacial score (nSPS) is 11.7. The van der Waals surface area contributed by atoms with Gasteiger partial charge in [0.1, 0.15) is 23.0 Å². The van der Waals surface area contributed by atoms with Crippen LogP contribution in [0.2, 0.25) is 5.02 Å². The molecule has 1 aromatic heterocycles. The Bertz CT molecular complexity index is 947. The van der Waals surface area contributed by atoms with Crippen LogP contribution in [0.5, 0.6) is 0 Å². The summed E-state index contributed by atoms with van der Waals surface area (Å²) < 4.78 is 12.9. The lowest BCUT2D eigenvalue weighted by molar-refractivity contribution is 0.102. The third-order valence-corrected chi connectivity index (χ3v) is 4.32. The Hall–Kier alpha value is -3.19. The van der Waals surface area contributed by atoms with Crippen molar-refractivity contribution in [3.05, 3.63) is 76.8 Å². The fraction of sp³-hybridized carbons (Fsp3) is 0.105. The van der Waals surface area contributed by atoms with E-state index < -0.39 is 0 Å². The highest BCUT2D eigenvalue weighted by Crippen LogP contribution is 2.27. The first-order valence-corrected chi connectivity index (χ1v) is 8.51. The third-order valence-electron chi connectivity index (χ3n) is 3.94. The van der Waals surface area contributed by atoms with Crippen LogP contribution in [0.25, 0.3) is 0 Å². The van der Waals surface area contributed by atoms with Gasteiger partial charge in [0, 0.05) is 17.3 Å². The Morgan fingerprint density at radius 3 is 2.44 bits per heavy atom. The summed E-state index contributed by atoms with van der Waals surface area (Å²) in [6.45, 7) is 1.95. The average Bonchev–Trinajstić information content (AvgIpc) is 2.66. The molecule has 6 nitrogen and oxygen atoms in total. The van der Waals surface area contributed by atoms with Gasteiger partial charge < -0.3 is 16.4 Å². The molecule has 8 heteroatoms. The van der Waals surface area contributed by atoms with Crippen molar-refractivity contribution in [1.29, 1.82) is 0 Å². The van der Waals surface area contributed by atoms with Crippen LogP contribution in [0.4, 0.5) is 21.7 Å². The van der Waals surface area contributed by atoms with Gasteiger partial charge in [-0.25, -0.2) is 14.4 Å². The van der Waals surface area contributed by atoms with Crippen molar-refractivity contribution in [2.75, 3.05) is 16.4 Å². The summed E-state index contributed by atoms with van der Waals surface area (Å²) in [7, 11) is 0. The van der Waals surface area contributed by atoms with Gasteiger partial charge in [-0.05, 0) is 48.9 Å². The first-order chi connectivity index (χ1) is 12.9. The predicted octanol–water partition coefficient (Wildman–Crippen LogP) is 4.28. The molecule has 0 aliphatic rings. The van der Waals surface area contributed by atoms with E-state index in [9.17, 15) is 9.18 Å². The number of amides is 1. The van der Waals surface area contributed by atoms with Crippen LogP contribution < -0.4 is 16.4 Å². The number of nitrogens with two attached hydrogens (primary N) is 1. The molecule has 3 rings (SSSR count). The molecule has 1 atom stereocenters. The van der Waals surface area contributed by atoms with E-state index in [1.165, 1.54) is 30.6 Å². The first kappa shape index (κ1) is 18.6. The molecular weight excluding hydrogens is 369 g/mol. The Balaban J connectivity index is 1.66. The van der Waals surface area contributed by atoms with Gasteiger partial charge in [0.25, 0.3) is 5.91 Å². The van der Waals surface area contributed by atoms with E-state index in [0.717, 1.165) is 5.56 Å². The number of hydrogen-bond acceptors (Lipinski definition) is 5. The number of nitrogen functional groups attached to an aromatic ring is 1. The van der Waals surface area contributed by atoms with Crippen molar-refractivity contribution in [3.63, 3.8) is 0 Å². The van der Waals surface area contributed by atoms with Crippen LogP contribution in [-0.4, -0.2) is 15.9 Å². The lowest BCUT2D eigenvalue weighted by atomic mass is 10.1. The molecule has 1 amide bonds. The van der Waals surface area contributed by atoms with Crippen molar-refractivity contribution < 1.29 is 9.18 Å². The van der Waals surface area contributed by atoms with E-state index in [2.05, 4.69) is 20.6 Å². The van der Waals surface area contributed by atoms with Gasteiger partial charge in [-0.1, -0.05) is 23.7 Å². The van der Waals surface area contributed by atoms with Crippen LogP contribution >= 0.6 is 11.6 Å². The first-order valence-electron chi connectivity index (χ1n) is 8.13. The molecule has 0 radical (unpaired) electrons. The van der Waals surface area contributed by atoms with Crippen molar-refractivity contribution in [2.45, 2.75) is 13.0 Å². The Morgan fingerprint density at radius 1 is 1.11 bits per heavy atom. The number of hydrogen-bond donors (Lipinski definition) is 3. The smallest absolute Gasteiger partial charge is 0.255 e. The quantitative estimate of drug-likeness (QED) is 0.609. The van der Waals surface area contributed by atoms with Crippen molar-refractivity contribution >= 4 is 34.8 Å². The second kappa shape index (κ2) is 8.01. The molecule has 1 unspecified atom stereocenters. The molecule has 138 valence electrons. The molecule has 4 N–H and O–H groups in total. The predicted molar refractivity (Wildman–Crippen MR) is 104 cm³/mol. The molecule has 0 saturated carbocycles. The summed E-state index contributed by atoms with van der Waals surface area (Å²) in [6, 6.07) is 12.6. The van der Waals surface area contributed by atoms with Gasteiger partial charge in [0.15, 0.2) is 5.82 Å². The van der Waals surface area contributed by atoms with E-state index in [4.69, 9.17) is 17.3 Å². The fourth-order valence-electron chi connectivity index (χ4n) is 2.43. The Labute approximate surface area is 160 Å². The number of rotatable bonds is 5. The highest BCUT2D eigenvalue weighted by Gasteiger charge is 2.12. The zero-order valence-corrected chi connectivity index (χ0v) is 15.2. The van der Waals surface area contributed by atoms with E-state index >= 15 is 0 Å². The maximum absolute atomic E-state index is 12.9. The number of carbonyl (C=O) groups is 1. The van der Waals surface area contributed by atoms with Crippen molar-refractivity contribution in [2.24, 2.45) is 0 Å². The SMILES string of the molecule is CC(Nc1ncnc(N)c1Cl)c1ccc(NC(=O)c2ccc(F)cc2)cc1. The molecule has 0 saturated heterocycles. The zero-order chi connectivity index (χ0) is 19.4. The minimum atomic E-state index is -0.386. The van der Waals surface area contributed by atoms with Crippen LogP contribution in [0.1, 0.15) is 28.9 Å². The molecule has 0 aliphatic carbocycles. The largest absolute Gasteiger partial charge is 0.382 e. The molecule has 0 fully saturated rings. The molecule has 0 spiro atoms. The van der Waals surface area contributed by atoms with Gasteiger partial charge in [-0.3, -0.25) is 4.79 Å². The lowest BCUT2D eigenvalue weighted by Gasteiger charge is -2.16. The number of nitrogens with one attached hydrogen (secondary N) is 2. The molecule has 0 bridgehead atoms. The highest BCUT2D eigenvalue weighted by atomic mass is 35.5. The van der Waals surface area contributed by atoms with Gasteiger partial charge >= 0.3 is 0 Å². The standard InChI is InChI=1S/C19H17ClFN5O/c1-11(25-18-16(20)17(22)23-10-24-18)12-4-8-15(9-5-12)26-19(27)13-2-6-14(21)7-3-13/h2-11H,1H3,(H,26,27)(H3,22,23,24,25). The minimum Gasteiger partial charge on any atom is -0.382 e. The number of carbonyl (C=O) groups excluding carboxylic acids is 1. The second-order valence-electron chi connectivity index (χ2n) is 5.87.